The number of para-hydroxylation sites is 1. The Balaban J connectivity index is 1.90. The topological polar surface area (TPSA) is 49.3 Å². The lowest BCUT2D eigenvalue weighted by Crippen LogP contribution is -2.31. The first-order valence-electron chi connectivity index (χ1n) is 9.63. The van der Waals surface area contributed by atoms with E-state index in [-0.39, 0.29) is 5.91 Å². The zero-order valence-electron chi connectivity index (χ0n) is 16.7. The van der Waals surface area contributed by atoms with Crippen LogP contribution in [-0.4, -0.2) is 33.9 Å². The van der Waals surface area contributed by atoms with Gasteiger partial charge in [0.25, 0.3) is 5.91 Å². The summed E-state index contributed by atoms with van der Waals surface area (Å²) >= 11 is 0. The van der Waals surface area contributed by atoms with Crippen molar-refractivity contribution in [2.24, 2.45) is 0 Å². The molecule has 2 aromatic carbocycles. The van der Waals surface area contributed by atoms with Gasteiger partial charge in [-0.15, -0.1) is 0 Å². The predicted octanol–water partition coefficient (Wildman–Crippen LogP) is 4.61. The molecule has 0 aliphatic rings. The molecular weight excluding hydrogens is 348 g/mol. The maximum atomic E-state index is 13.1. The van der Waals surface area contributed by atoms with Crippen molar-refractivity contribution >= 4 is 17.5 Å². The monoisotopic (exact) mass is 374 g/mol. The highest BCUT2D eigenvalue weighted by molar-refractivity contribution is 5.92. The van der Waals surface area contributed by atoms with E-state index in [1.165, 1.54) is 0 Å². The summed E-state index contributed by atoms with van der Waals surface area (Å²) in [6.07, 6.45) is 0. The molecular formula is C23H26N4O. The van der Waals surface area contributed by atoms with E-state index in [0.717, 1.165) is 16.9 Å². The number of rotatable bonds is 7. The second kappa shape index (κ2) is 9.13. The Hall–Kier alpha value is -3.21. The Kier molecular flexibility index (Phi) is 6.37. The van der Waals surface area contributed by atoms with Gasteiger partial charge in [0.2, 0.25) is 5.95 Å². The van der Waals surface area contributed by atoms with Crippen molar-refractivity contribution in [1.82, 2.24) is 14.9 Å². The molecule has 3 rings (SSSR count). The van der Waals surface area contributed by atoms with Crippen molar-refractivity contribution in [2.75, 3.05) is 18.0 Å². The van der Waals surface area contributed by atoms with Gasteiger partial charge >= 0.3 is 0 Å². The van der Waals surface area contributed by atoms with Gasteiger partial charge in [0, 0.05) is 31.0 Å². The molecule has 0 N–H and O–H groups in total. The van der Waals surface area contributed by atoms with Gasteiger partial charge in [-0.2, -0.15) is 0 Å². The summed E-state index contributed by atoms with van der Waals surface area (Å²) in [7, 11) is 0. The first kappa shape index (κ1) is 19.5. The van der Waals surface area contributed by atoms with Gasteiger partial charge in [-0.1, -0.05) is 48.5 Å². The average Bonchev–Trinajstić information content (AvgIpc) is 2.73. The maximum absolute atomic E-state index is 13.1. The molecule has 1 aromatic heterocycles. The quantitative estimate of drug-likeness (QED) is 0.606. The molecule has 3 aromatic rings. The number of aromatic nitrogens is 2. The Morgan fingerprint density at radius 2 is 1.54 bits per heavy atom. The van der Waals surface area contributed by atoms with Crippen molar-refractivity contribution in [2.45, 2.75) is 27.3 Å². The van der Waals surface area contributed by atoms with E-state index >= 15 is 0 Å². The van der Waals surface area contributed by atoms with Crippen LogP contribution in [0, 0.1) is 6.92 Å². The minimum atomic E-state index is -0.0813. The van der Waals surface area contributed by atoms with E-state index in [1.54, 1.807) is 11.0 Å². The second-order valence-corrected chi connectivity index (χ2v) is 6.58. The molecule has 0 fully saturated rings. The van der Waals surface area contributed by atoms with Crippen LogP contribution in [0.25, 0.3) is 0 Å². The van der Waals surface area contributed by atoms with Crippen molar-refractivity contribution < 1.29 is 4.79 Å². The molecule has 5 heteroatoms. The van der Waals surface area contributed by atoms with Crippen LogP contribution in [0.5, 0.6) is 0 Å². The lowest BCUT2D eigenvalue weighted by Gasteiger charge is -2.24. The Morgan fingerprint density at radius 1 is 0.893 bits per heavy atom. The Morgan fingerprint density at radius 3 is 2.14 bits per heavy atom. The third-order valence-corrected chi connectivity index (χ3v) is 4.57. The lowest BCUT2D eigenvalue weighted by molar-refractivity contribution is 0.0746. The van der Waals surface area contributed by atoms with Gasteiger partial charge in [-0.3, -0.25) is 4.79 Å². The van der Waals surface area contributed by atoms with Gasteiger partial charge in [0.1, 0.15) is 5.69 Å². The summed E-state index contributed by atoms with van der Waals surface area (Å²) in [5.74, 6) is 0.468. The zero-order valence-corrected chi connectivity index (χ0v) is 16.7. The molecule has 1 amide bonds. The van der Waals surface area contributed by atoms with E-state index in [0.29, 0.717) is 31.3 Å². The SMILES string of the molecule is CCN(Cc1ccccc1)C(=O)c1cc(C)nc(N(CC)c2ccccc2)n1. The van der Waals surface area contributed by atoms with Crippen LogP contribution in [0.4, 0.5) is 11.6 Å². The smallest absolute Gasteiger partial charge is 0.272 e. The number of benzene rings is 2. The van der Waals surface area contributed by atoms with Crippen molar-refractivity contribution in [3.05, 3.63) is 83.7 Å². The second-order valence-electron chi connectivity index (χ2n) is 6.58. The number of hydrogen-bond acceptors (Lipinski definition) is 4. The van der Waals surface area contributed by atoms with Gasteiger partial charge in [-0.05, 0) is 44.5 Å². The first-order valence-corrected chi connectivity index (χ1v) is 9.63. The molecule has 0 saturated heterocycles. The number of hydrogen-bond donors (Lipinski definition) is 0. The molecule has 0 aliphatic carbocycles. The van der Waals surface area contributed by atoms with Crippen LogP contribution in [0.15, 0.2) is 66.7 Å². The average molecular weight is 374 g/mol. The van der Waals surface area contributed by atoms with Crippen LogP contribution in [0.1, 0.15) is 35.6 Å². The van der Waals surface area contributed by atoms with Gasteiger partial charge in [0.15, 0.2) is 0 Å². The predicted molar refractivity (Wildman–Crippen MR) is 113 cm³/mol. The first-order chi connectivity index (χ1) is 13.6. The van der Waals surface area contributed by atoms with E-state index in [2.05, 4.69) is 9.97 Å². The van der Waals surface area contributed by atoms with E-state index in [4.69, 9.17) is 0 Å². The fraction of sp³-hybridized carbons (Fsp3) is 0.261. The fourth-order valence-electron chi connectivity index (χ4n) is 3.12. The normalized spacial score (nSPS) is 10.5. The van der Waals surface area contributed by atoms with Crippen LogP contribution >= 0.6 is 0 Å². The maximum Gasteiger partial charge on any atom is 0.272 e. The zero-order chi connectivity index (χ0) is 19.9. The molecule has 0 atom stereocenters. The number of aryl methyl sites for hydroxylation is 1. The Bertz CT molecular complexity index is 912. The minimum Gasteiger partial charge on any atom is -0.333 e. The van der Waals surface area contributed by atoms with Crippen LogP contribution in [-0.2, 0) is 6.54 Å². The highest BCUT2D eigenvalue weighted by atomic mass is 16.2. The lowest BCUT2D eigenvalue weighted by atomic mass is 10.2. The van der Waals surface area contributed by atoms with Crippen LogP contribution < -0.4 is 4.90 Å². The summed E-state index contributed by atoms with van der Waals surface area (Å²) in [4.78, 5) is 26.2. The molecule has 0 saturated carbocycles. The van der Waals surface area contributed by atoms with Gasteiger partial charge < -0.3 is 9.80 Å². The number of amides is 1. The van der Waals surface area contributed by atoms with Crippen molar-refractivity contribution in [3.8, 4) is 0 Å². The molecule has 0 aliphatic heterocycles. The van der Waals surface area contributed by atoms with Crippen molar-refractivity contribution in [3.63, 3.8) is 0 Å². The van der Waals surface area contributed by atoms with Crippen LogP contribution in [0.2, 0.25) is 0 Å². The number of anilines is 2. The summed E-state index contributed by atoms with van der Waals surface area (Å²) in [6, 6.07) is 21.8. The third-order valence-electron chi connectivity index (χ3n) is 4.57. The minimum absolute atomic E-state index is 0.0813. The van der Waals surface area contributed by atoms with Gasteiger partial charge in [0.05, 0.1) is 0 Å². The largest absolute Gasteiger partial charge is 0.333 e. The summed E-state index contributed by atoms with van der Waals surface area (Å²) in [6.45, 7) is 7.82. The highest BCUT2D eigenvalue weighted by Crippen LogP contribution is 2.22. The molecule has 5 nitrogen and oxygen atoms in total. The van der Waals surface area contributed by atoms with E-state index < -0.39 is 0 Å². The molecule has 0 spiro atoms. The number of nitrogens with zero attached hydrogens (tertiary/aromatic N) is 4. The highest BCUT2D eigenvalue weighted by Gasteiger charge is 2.19. The van der Waals surface area contributed by atoms with Crippen molar-refractivity contribution in [1.29, 1.82) is 0 Å². The summed E-state index contributed by atoms with van der Waals surface area (Å²) < 4.78 is 0. The number of carbonyl (C=O) groups excluding carboxylic acids is 1. The number of carbonyl (C=O) groups is 1. The molecule has 0 unspecified atom stereocenters. The molecule has 0 radical (unpaired) electrons. The molecule has 1 heterocycles. The summed E-state index contributed by atoms with van der Waals surface area (Å²) in [5, 5.41) is 0. The fourth-order valence-corrected chi connectivity index (χ4v) is 3.12. The third kappa shape index (κ3) is 4.55. The Labute approximate surface area is 166 Å². The molecule has 144 valence electrons. The van der Waals surface area contributed by atoms with Crippen LogP contribution in [0.3, 0.4) is 0 Å². The molecule has 28 heavy (non-hydrogen) atoms. The van der Waals surface area contributed by atoms with E-state index in [9.17, 15) is 4.79 Å². The van der Waals surface area contributed by atoms with Gasteiger partial charge in [-0.25, -0.2) is 9.97 Å². The summed E-state index contributed by atoms with van der Waals surface area (Å²) in [5.41, 5.74) is 3.31. The van der Waals surface area contributed by atoms with E-state index in [1.807, 2.05) is 86.3 Å². The standard InChI is InChI=1S/C23H26N4O/c1-4-26(17-19-12-8-6-9-13-19)22(28)21-16-18(3)24-23(25-21)27(5-2)20-14-10-7-11-15-20/h6-16H,4-5,17H2,1-3H3. The molecule has 0 bridgehead atoms.